The Morgan fingerprint density at radius 1 is 1.05 bits per heavy atom. The standard InChI is InChI=1S/C27H23N3O6S/c1-34-26(33)18-8-10-20(11-9-18)28-24(31)14-23-25(32)30(27(37-23)29-19-5-3-2-4-6-19)15-17-7-12-21-22(13-17)36-16-35-21/h2-13,23H,14-16H2,1H3,(H,28,31)/t23-/m1/s1. The van der Waals surface area contributed by atoms with E-state index in [1.165, 1.54) is 18.9 Å². The molecule has 0 bridgehead atoms. The van der Waals surface area contributed by atoms with Crippen LogP contribution in [0.4, 0.5) is 11.4 Å². The number of benzene rings is 3. The highest BCUT2D eigenvalue weighted by Gasteiger charge is 2.39. The number of hydrogen-bond donors (Lipinski definition) is 1. The Morgan fingerprint density at radius 3 is 2.57 bits per heavy atom. The molecule has 1 N–H and O–H groups in total. The van der Waals surface area contributed by atoms with E-state index in [4.69, 9.17) is 9.47 Å². The number of nitrogens with zero attached hydrogens (tertiary/aromatic N) is 2. The van der Waals surface area contributed by atoms with Crippen LogP contribution in [0.3, 0.4) is 0 Å². The Morgan fingerprint density at radius 2 is 1.81 bits per heavy atom. The van der Waals surface area contributed by atoms with Crippen LogP contribution < -0.4 is 14.8 Å². The van der Waals surface area contributed by atoms with Crippen LogP contribution in [-0.4, -0.2) is 47.0 Å². The number of nitrogens with one attached hydrogen (secondary N) is 1. The van der Waals surface area contributed by atoms with Gasteiger partial charge in [0.2, 0.25) is 18.6 Å². The van der Waals surface area contributed by atoms with Gasteiger partial charge in [0.25, 0.3) is 0 Å². The molecule has 3 aromatic carbocycles. The summed E-state index contributed by atoms with van der Waals surface area (Å²) < 4.78 is 15.5. The SMILES string of the molecule is COC(=O)c1ccc(NC(=O)C[C@H]2SC(=Nc3ccccc3)N(Cc3ccc4c(c3)OCO4)C2=O)cc1. The maximum absolute atomic E-state index is 13.4. The Labute approximate surface area is 217 Å². The number of carbonyl (C=O) groups excluding carboxylic acids is 3. The normalized spacial score (nSPS) is 17.2. The molecule has 0 aromatic heterocycles. The predicted octanol–water partition coefficient (Wildman–Crippen LogP) is 4.36. The van der Waals surface area contributed by atoms with Crippen molar-refractivity contribution in [1.82, 2.24) is 4.90 Å². The summed E-state index contributed by atoms with van der Waals surface area (Å²) in [5, 5.41) is 2.67. The van der Waals surface area contributed by atoms with Gasteiger partial charge in [-0.25, -0.2) is 9.79 Å². The summed E-state index contributed by atoms with van der Waals surface area (Å²) in [7, 11) is 1.31. The van der Waals surface area contributed by atoms with Gasteiger partial charge < -0.3 is 19.5 Å². The van der Waals surface area contributed by atoms with Crippen molar-refractivity contribution < 1.29 is 28.6 Å². The predicted molar refractivity (Wildman–Crippen MR) is 139 cm³/mol. The molecule has 0 radical (unpaired) electrons. The number of rotatable bonds is 7. The van der Waals surface area contributed by atoms with Crippen LogP contribution in [0.15, 0.2) is 77.8 Å². The number of hydrogen-bond acceptors (Lipinski definition) is 8. The quantitative estimate of drug-likeness (QED) is 0.464. The lowest BCUT2D eigenvalue weighted by Crippen LogP contribution is -2.33. The van der Waals surface area contributed by atoms with E-state index in [0.29, 0.717) is 33.6 Å². The molecule has 2 aliphatic heterocycles. The van der Waals surface area contributed by atoms with Crippen LogP contribution in [0.25, 0.3) is 0 Å². The molecule has 2 aliphatic rings. The Kier molecular flexibility index (Phi) is 7.09. The van der Waals surface area contributed by atoms with Crippen molar-refractivity contribution in [3.63, 3.8) is 0 Å². The minimum atomic E-state index is -0.634. The lowest BCUT2D eigenvalue weighted by Gasteiger charge is -2.17. The first kappa shape index (κ1) is 24.4. The molecular formula is C27H23N3O6S. The molecule has 2 heterocycles. The van der Waals surface area contributed by atoms with Gasteiger partial charge in [-0.3, -0.25) is 14.5 Å². The molecule has 1 atom stereocenters. The Bertz CT molecular complexity index is 1360. The number of amidine groups is 1. The second kappa shape index (κ2) is 10.8. The Hall–Kier alpha value is -4.31. The van der Waals surface area contributed by atoms with Gasteiger partial charge in [-0.15, -0.1) is 0 Å². The topological polar surface area (TPSA) is 107 Å². The molecule has 1 saturated heterocycles. The van der Waals surface area contributed by atoms with Crippen LogP contribution >= 0.6 is 11.8 Å². The minimum absolute atomic E-state index is 0.0340. The first-order valence-corrected chi connectivity index (χ1v) is 12.4. The van der Waals surface area contributed by atoms with Crippen molar-refractivity contribution in [1.29, 1.82) is 0 Å². The average Bonchev–Trinajstić information content (AvgIpc) is 3.49. The van der Waals surface area contributed by atoms with E-state index in [9.17, 15) is 14.4 Å². The average molecular weight is 518 g/mol. The zero-order valence-corrected chi connectivity index (χ0v) is 20.7. The highest BCUT2D eigenvalue weighted by Crippen LogP contribution is 2.36. The molecule has 5 rings (SSSR count). The summed E-state index contributed by atoms with van der Waals surface area (Å²) in [6.45, 7) is 0.446. The molecule has 188 valence electrons. The molecule has 1 fully saturated rings. The highest BCUT2D eigenvalue weighted by molar-refractivity contribution is 8.15. The van der Waals surface area contributed by atoms with Gasteiger partial charge >= 0.3 is 5.97 Å². The van der Waals surface area contributed by atoms with Crippen LogP contribution in [0.1, 0.15) is 22.3 Å². The second-order valence-electron chi connectivity index (χ2n) is 8.27. The van der Waals surface area contributed by atoms with Gasteiger partial charge in [0.15, 0.2) is 16.7 Å². The lowest BCUT2D eigenvalue weighted by atomic mass is 10.1. The third-order valence-electron chi connectivity index (χ3n) is 5.74. The minimum Gasteiger partial charge on any atom is -0.465 e. The van der Waals surface area contributed by atoms with E-state index in [1.54, 1.807) is 29.2 Å². The van der Waals surface area contributed by atoms with Gasteiger partial charge in [0, 0.05) is 12.1 Å². The van der Waals surface area contributed by atoms with Crippen LogP contribution in [0.5, 0.6) is 11.5 Å². The molecule has 37 heavy (non-hydrogen) atoms. The number of thioether (sulfide) groups is 1. The van der Waals surface area contributed by atoms with E-state index >= 15 is 0 Å². The van der Waals surface area contributed by atoms with Gasteiger partial charge in [-0.1, -0.05) is 36.0 Å². The molecule has 0 spiro atoms. The number of esters is 1. The number of amides is 2. The first-order valence-electron chi connectivity index (χ1n) is 11.5. The molecule has 10 heteroatoms. The summed E-state index contributed by atoms with van der Waals surface area (Å²) in [6, 6.07) is 21.2. The smallest absolute Gasteiger partial charge is 0.337 e. The molecule has 3 aromatic rings. The largest absolute Gasteiger partial charge is 0.465 e. The fraction of sp³-hybridized carbons (Fsp3) is 0.185. The summed E-state index contributed by atoms with van der Waals surface area (Å²) >= 11 is 1.26. The third-order valence-corrected chi connectivity index (χ3v) is 6.91. The molecule has 0 unspecified atom stereocenters. The number of ether oxygens (including phenoxy) is 3. The lowest BCUT2D eigenvalue weighted by molar-refractivity contribution is -0.128. The van der Waals surface area contributed by atoms with Crippen molar-refractivity contribution in [3.8, 4) is 11.5 Å². The number of methoxy groups -OCH3 is 1. The van der Waals surface area contributed by atoms with Crippen molar-refractivity contribution in [2.45, 2.75) is 18.2 Å². The van der Waals surface area contributed by atoms with Gasteiger partial charge in [0.05, 0.1) is 24.9 Å². The van der Waals surface area contributed by atoms with Crippen molar-refractivity contribution in [2.24, 2.45) is 4.99 Å². The number of anilines is 1. The highest BCUT2D eigenvalue weighted by atomic mass is 32.2. The van der Waals surface area contributed by atoms with E-state index in [0.717, 1.165) is 5.56 Å². The van der Waals surface area contributed by atoms with Crippen molar-refractivity contribution in [3.05, 3.63) is 83.9 Å². The number of aliphatic imine (C=N–C) groups is 1. The maximum Gasteiger partial charge on any atom is 0.337 e. The zero-order chi connectivity index (χ0) is 25.8. The van der Waals surface area contributed by atoms with E-state index in [2.05, 4.69) is 15.0 Å². The van der Waals surface area contributed by atoms with Crippen LogP contribution in [0.2, 0.25) is 0 Å². The fourth-order valence-electron chi connectivity index (χ4n) is 3.89. The van der Waals surface area contributed by atoms with Crippen LogP contribution in [0, 0.1) is 0 Å². The van der Waals surface area contributed by atoms with E-state index < -0.39 is 11.2 Å². The van der Waals surface area contributed by atoms with Crippen molar-refractivity contribution in [2.75, 3.05) is 19.2 Å². The third kappa shape index (κ3) is 5.59. The fourth-order valence-corrected chi connectivity index (χ4v) is 5.05. The molecule has 0 aliphatic carbocycles. The number of fused-ring (bicyclic) bond motifs is 1. The maximum atomic E-state index is 13.4. The first-order chi connectivity index (χ1) is 18.0. The Balaban J connectivity index is 1.32. The van der Waals surface area contributed by atoms with Gasteiger partial charge in [-0.05, 0) is 54.1 Å². The van der Waals surface area contributed by atoms with Gasteiger partial charge in [-0.2, -0.15) is 0 Å². The summed E-state index contributed by atoms with van der Waals surface area (Å²) in [6.07, 6.45) is -0.0340. The second-order valence-corrected chi connectivity index (χ2v) is 9.44. The number of carbonyl (C=O) groups is 3. The van der Waals surface area contributed by atoms with Crippen LogP contribution in [-0.2, 0) is 20.9 Å². The molecule has 2 amide bonds. The van der Waals surface area contributed by atoms with E-state index in [1.807, 2.05) is 48.5 Å². The zero-order valence-electron chi connectivity index (χ0n) is 19.9. The molecule has 0 saturated carbocycles. The molecular weight excluding hydrogens is 494 g/mol. The number of para-hydroxylation sites is 1. The monoisotopic (exact) mass is 517 g/mol. The summed E-state index contributed by atoms with van der Waals surface area (Å²) in [5.74, 6) is 0.318. The molecule has 9 nitrogen and oxygen atoms in total. The van der Waals surface area contributed by atoms with Gasteiger partial charge in [0.1, 0.15) is 5.25 Å². The van der Waals surface area contributed by atoms with E-state index in [-0.39, 0.29) is 31.6 Å². The summed E-state index contributed by atoms with van der Waals surface area (Å²) in [4.78, 5) is 44.1. The van der Waals surface area contributed by atoms with Crippen molar-refractivity contribution >= 4 is 46.1 Å². The summed E-state index contributed by atoms with van der Waals surface area (Å²) in [5.41, 5.74) is 2.46.